The lowest BCUT2D eigenvalue weighted by Gasteiger charge is -2.28. The fourth-order valence-electron chi connectivity index (χ4n) is 4.69. The zero-order chi connectivity index (χ0) is 20.4. The predicted octanol–water partition coefficient (Wildman–Crippen LogP) is 2.86. The molecular formula is C22H25N3O3. The maximum atomic E-state index is 13.4. The van der Waals surface area contributed by atoms with Crippen LogP contribution in [0, 0.1) is 28.1 Å². The van der Waals surface area contributed by atoms with E-state index in [2.05, 4.69) is 27.7 Å². The maximum absolute atomic E-state index is 13.4. The Labute approximate surface area is 165 Å². The SMILES string of the molecule is CC1(C)C(C(=O)N(C2CC2)C2CC(=O)N(c3ccc(C#N)cc3)C2=O)C1(C)C. The normalized spacial score (nSPS) is 25.5. The van der Waals surface area contributed by atoms with Crippen molar-refractivity contribution in [3.05, 3.63) is 29.8 Å². The lowest BCUT2D eigenvalue weighted by molar-refractivity contribution is -0.141. The lowest BCUT2D eigenvalue weighted by Crippen LogP contribution is -2.48. The molecule has 1 unspecified atom stereocenters. The number of hydrogen-bond acceptors (Lipinski definition) is 4. The van der Waals surface area contributed by atoms with Crippen LogP contribution in [0.5, 0.6) is 0 Å². The molecule has 2 aliphatic carbocycles. The highest BCUT2D eigenvalue weighted by molar-refractivity contribution is 6.23. The topological polar surface area (TPSA) is 81.5 Å². The first-order chi connectivity index (χ1) is 13.1. The van der Waals surface area contributed by atoms with Crippen molar-refractivity contribution in [3.8, 4) is 6.07 Å². The predicted molar refractivity (Wildman–Crippen MR) is 103 cm³/mol. The molecule has 1 atom stereocenters. The molecule has 1 saturated heterocycles. The van der Waals surface area contributed by atoms with Gasteiger partial charge in [-0.15, -0.1) is 0 Å². The summed E-state index contributed by atoms with van der Waals surface area (Å²) >= 11 is 0. The molecule has 1 aromatic rings. The molecule has 4 rings (SSSR count). The molecule has 3 aliphatic rings. The third-order valence-corrected chi connectivity index (χ3v) is 7.18. The number of carbonyl (C=O) groups is 3. The average molecular weight is 379 g/mol. The van der Waals surface area contributed by atoms with Crippen LogP contribution in [-0.4, -0.2) is 34.7 Å². The third kappa shape index (κ3) is 2.56. The van der Waals surface area contributed by atoms with Crippen molar-refractivity contribution in [1.82, 2.24) is 4.90 Å². The van der Waals surface area contributed by atoms with Crippen LogP contribution in [0.2, 0.25) is 0 Å². The second-order valence-corrected chi connectivity index (χ2v) is 9.30. The Morgan fingerprint density at radius 3 is 2.14 bits per heavy atom. The van der Waals surface area contributed by atoms with Gasteiger partial charge >= 0.3 is 0 Å². The monoisotopic (exact) mass is 379 g/mol. The summed E-state index contributed by atoms with van der Waals surface area (Å²) in [7, 11) is 0. The van der Waals surface area contributed by atoms with Crippen LogP contribution in [0.15, 0.2) is 24.3 Å². The van der Waals surface area contributed by atoms with E-state index >= 15 is 0 Å². The van der Waals surface area contributed by atoms with Gasteiger partial charge in [0.1, 0.15) is 6.04 Å². The standard InChI is InChI=1S/C22H25N3O3/c1-21(2)18(22(21,3)4)20(28)24(14-9-10-14)16-11-17(26)25(19(16)27)15-7-5-13(12-23)6-8-15/h5-8,14,16,18H,9-11H2,1-4H3. The van der Waals surface area contributed by atoms with Gasteiger partial charge in [-0.25, -0.2) is 4.90 Å². The van der Waals surface area contributed by atoms with Crippen molar-refractivity contribution < 1.29 is 14.4 Å². The highest BCUT2D eigenvalue weighted by Crippen LogP contribution is 2.69. The van der Waals surface area contributed by atoms with Crippen molar-refractivity contribution >= 4 is 23.4 Å². The van der Waals surface area contributed by atoms with Crippen LogP contribution >= 0.6 is 0 Å². The first kappa shape index (κ1) is 18.7. The smallest absolute Gasteiger partial charge is 0.257 e. The molecule has 1 heterocycles. The number of benzene rings is 1. The fraction of sp³-hybridized carbons (Fsp3) is 0.545. The first-order valence-corrected chi connectivity index (χ1v) is 9.80. The van der Waals surface area contributed by atoms with E-state index in [0.29, 0.717) is 11.3 Å². The summed E-state index contributed by atoms with van der Waals surface area (Å²) in [5, 5.41) is 8.94. The molecule has 1 aromatic carbocycles. The summed E-state index contributed by atoms with van der Waals surface area (Å²) in [6, 6.07) is 7.74. The van der Waals surface area contributed by atoms with E-state index in [1.165, 1.54) is 0 Å². The Balaban J connectivity index is 1.61. The number of nitriles is 1. The molecule has 0 aromatic heterocycles. The van der Waals surface area contributed by atoms with Gasteiger partial charge in [0.15, 0.2) is 0 Å². The summed E-state index contributed by atoms with van der Waals surface area (Å²) in [6.07, 6.45) is 1.79. The van der Waals surface area contributed by atoms with E-state index in [9.17, 15) is 14.4 Å². The van der Waals surface area contributed by atoms with Crippen molar-refractivity contribution in [1.29, 1.82) is 5.26 Å². The van der Waals surface area contributed by atoms with Crippen LogP contribution in [-0.2, 0) is 14.4 Å². The van der Waals surface area contributed by atoms with E-state index in [-0.39, 0.29) is 46.9 Å². The fourth-order valence-corrected chi connectivity index (χ4v) is 4.69. The Morgan fingerprint density at radius 2 is 1.68 bits per heavy atom. The van der Waals surface area contributed by atoms with Gasteiger partial charge in [0.05, 0.1) is 23.7 Å². The van der Waals surface area contributed by atoms with Crippen molar-refractivity contribution in [2.24, 2.45) is 16.7 Å². The number of nitrogens with zero attached hydrogens (tertiary/aromatic N) is 3. The lowest BCUT2D eigenvalue weighted by atomic mass is 10.0. The number of imide groups is 1. The van der Waals surface area contributed by atoms with Gasteiger partial charge in [-0.3, -0.25) is 14.4 Å². The molecule has 0 radical (unpaired) electrons. The largest absolute Gasteiger partial charge is 0.327 e. The number of hydrogen-bond donors (Lipinski definition) is 0. The first-order valence-electron chi connectivity index (χ1n) is 9.80. The van der Waals surface area contributed by atoms with Gasteiger partial charge in [0.25, 0.3) is 5.91 Å². The van der Waals surface area contributed by atoms with Gasteiger partial charge < -0.3 is 4.90 Å². The molecule has 3 fully saturated rings. The molecule has 146 valence electrons. The number of carbonyl (C=O) groups excluding carboxylic acids is 3. The van der Waals surface area contributed by atoms with Crippen LogP contribution in [0.3, 0.4) is 0 Å². The van der Waals surface area contributed by atoms with Gasteiger partial charge in [0, 0.05) is 12.0 Å². The molecule has 0 N–H and O–H groups in total. The molecule has 2 saturated carbocycles. The quantitative estimate of drug-likeness (QED) is 0.753. The number of amides is 3. The van der Waals surface area contributed by atoms with E-state index < -0.39 is 6.04 Å². The second kappa shape index (κ2) is 5.91. The molecule has 1 aliphatic heterocycles. The van der Waals surface area contributed by atoms with Crippen LogP contribution in [0.4, 0.5) is 5.69 Å². The highest BCUT2D eigenvalue weighted by Gasteiger charge is 2.70. The highest BCUT2D eigenvalue weighted by atomic mass is 16.2. The zero-order valence-electron chi connectivity index (χ0n) is 16.7. The Morgan fingerprint density at radius 1 is 1.11 bits per heavy atom. The zero-order valence-corrected chi connectivity index (χ0v) is 16.7. The van der Waals surface area contributed by atoms with Crippen molar-refractivity contribution in [2.75, 3.05) is 4.90 Å². The van der Waals surface area contributed by atoms with Gasteiger partial charge in [-0.2, -0.15) is 5.26 Å². The van der Waals surface area contributed by atoms with Gasteiger partial charge in [-0.05, 0) is 47.9 Å². The molecule has 6 heteroatoms. The van der Waals surface area contributed by atoms with Crippen LogP contribution in [0.25, 0.3) is 0 Å². The van der Waals surface area contributed by atoms with Crippen LogP contribution < -0.4 is 4.90 Å². The van der Waals surface area contributed by atoms with E-state index in [1.807, 2.05) is 6.07 Å². The number of rotatable bonds is 4. The molecule has 0 spiro atoms. The molecular weight excluding hydrogens is 354 g/mol. The Hall–Kier alpha value is -2.68. The molecule has 0 bridgehead atoms. The summed E-state index contributed by atoms with van der Waals surface area (Å²) in [5.74, 6) is -0.767. The summed E-state index contributed by atoms with van der Waals surface area (Å²) in [5.41, 5.74) is 0.685. The third-order valence-electron chi connectivity index (χ3n) is 7.18. The second-order valence-electron chi connectivity index (χ2n) is 9.30. The maximum Gasteiger partial charge on any atom is 0.257 e. The van der Waals surface area contributed by atoms with E-state index in [1.54, 1.807) is 29.2 Å². The summed E-state index contributed by atoms with van der Waals surface area (Å²) in [4.78, 5) is 42.1. The average Bonchev–Trinajstić information content (AvgIpc) is 3.49. The minimum Gasteiger partial charge on any atom is -0.327 e. The van der Waals surface area contributed by atoms with Crippen molar-refractivity contribution in [2.45, 2.75) is 59.0 Å². The summed E-state index contributed by atoms with van der Waals surface area (Å²) < 4.78 is 0. The Kier molecular flexibility index (Phi) is 3.94. The van der Waals surface area contributed by atoms with E-state index in [4.69, 9.17) is 5.26 Å². The minimum absolute atomic E-state index is 0.00493. The molecule has 6 nitrogen and oxygen atoms in total. The molecule has 28 heavy (non-hydrogen) atoms. The number of anilines is 1. The minimum atomic E-state index is -0.727. The van der Waals surface area contributed by atoms with Gasteiger partial charge in [0.2, 0.25) is 11.8 Å². The summed E-state index contributed by atoms with van der Waals surface area (Å²) in [6.45, 7) is 8.35. The van der Waals surface area contributed by atoms with Crippen molar-refractivity contribution in [3.63, 3.8) is 0 Å². The van der Waals surface area contributed by atoms with Gasteiger partial charge in [-0.1, -0.05) is 27.7 Å². The molecule has 3 amide bonds. The van der Waals surface area contributed by atoms with E-state index in [0.717, 1.165) is 17.7 Å². The Bertz CT molecular complexity index is 892. The van der Waals surface area contributed by atoms with Crippen LogP contribution in [0.1, 0.15) is 52.5 Å².